The van der Waals surface area contributed by atoms with Gasteiger partial charge in [0.15, 0.2) is 0 Å². The third-order valence-corrected chi connectivity index (χ3v) is 7.87. The molecule has 0 aliphatic carbocycles. The summed E-state index contributed by atoms with van der Waals surface area (Å²) in [4.78, 5) is 10.6. The number of aryl methyl sites for hydroxylation is 1. The van der Waals surface area contributed by atoms with Gasteiger partial charge in [-0.15, -0.1) is 0 Å². The summed E-state index contributed by atoms with van der Waals surface area (Å²) in [6.45, 7) is 24.0. The van der Waals surface area contributed by atoms with Crippen LogP contribution >= 0.6 is 0 Å². The monoisotopic (exact) mass is 481 g/mol. The van der Waals surface area contributed by atoms with Crippen molar-refractivity contribution in [2.75, 3.05) is 72.5 Å². The number of benzene rings is 1. The molecule has 5 nitrogen and oxygen atoms in total. The van der Waals surface area contributed by atoms with Gasteiger partial charge in [0.2, 0.25) is 0 Å². The number of hydrogen-bond donors (Lipinski definition) is 0. The van der Waals surface area contributed by atoms with E-state index in [1.165, 1.54) is 95.6 Å². The van der Waals surface area contributed by atoms with Gasteiger partial charge in [0.25, 0.3) is 0 Å². The average molecular weight is 482 g/mol. The van der Waals surface area contributed by atoms with E-state index < -0.39 is 0 Å². The zero-order valence-corrected chi connectivity index (χ0v) is 23.3. The fraction of sp³-hybridized carbons (Fsp3) is 0.733. The second-order valence-corrected chi connectivity index (χ2v) is 12.0. The maximum atomic E-state index is 2.70. The Morgan fingerprint density at radius 3 is 2.09 bits per heavy atom. The highest BCUT2D eigenvalue weighted by molar-refractivity contribution is 5.85. The highest BCUT2D eigenvalue weighted by Crippen LogP contribution is 2.30. The van der Waals surface area contributed by atoms with E-state index in [9.17, 15) is 0 Å². The summed E-state index contributed by atoms with van der Waals surface area (Å²) in [6.07, 6.45) is 3.74. The van der Waals surface area contributed by atoms with Crippen molar-refractivity contribution >= 4 is 10.9 Å². The molecule has 1 aromatic heterocycles. The van der Waals surface area contributed by atoms with Crippen LogP contribution in [0.3, 0.4) is 0 Å². The quantitative estimate of drug-likeness (QED) is 0.439. The van der Waals surface area contributed by atoms with Crippen molar-refractivity contribution in [3.05, 3.63) is 35.5 Å². The number of nitrogens with zero attached hydrogens (tertiary/aromatic N) is 5. The largest absolute Gasteiger partial charge is 0.344 e. The lowest BCUT2D eigenvalue weighted by Gasteiger charge is -2.35. The molecule has 2 aliphatic heterocycles. The lowest BCUT2D eigenvalue weighted by molar-refractivity contribution is 0.122. The van der Waals surface area contributed by atoms with Crippen LogP contribution in [0.1, 0.15) is 51.8 Å². The molecule has 2 aliphatic rings. The van der Waals surface area contributed by atoms with Crippen molar-refractivity contribution in [3.8, 4) is 0 Å². The Morgan fingerprint density at radius 1 is 0.800 bits per heavy atom. The third kappa shape index (κ3) is 7.31. The van der Waals surface area contributed by atoms with Crippen molar-refractivity contribution in [1.29, 1.82) is 0 Å². The molecule has 0 amide bonds. The van der Waals surface area contributed by atoms with Gasteiger partial charge in [0.05, 0.1) is 0 Å². The highest BCUT2D eigenvalue weighted by Gasteiger charge is 2.22. The second kappa shape index (κ2) is 12.7. The van der Waals surface area contributed by atoms with Gasteiger partial charge in [-0.05, 0) is 63.0 Å². The van der Waals surface area contributed by atoms with Gasteiger partial charge in [-0.1, -0.05) is 45.9 Å². The summed E-state index contributed by atoms with van der Waals surface area (Å²) in [7, 11) is 2.25. The zero-order chi connectivity index (χ0) is 24.8. The summed E-state index contributed by atoms with van der Waals surface area (Å²) in [5.41, 5.74) is 4.61. The minimum atomic E-state index is 0.758. The van der Waals surface area contributed by atoms with E-state index in [1.807, 2.05) is 0 Å². The first kappa shape index (κ1) is 26.7. The van der Waals surface area contributed by atoms with Crippen LogP contribution in [0.25, 0.3) is 10.9 Å². The first-order chi connectivity index (χ1) is 16.9. The van der Waals surface area contributed by atoms with E-state index in [-0.39, 0.29) is 0 Å². The first-order valence-corrected chi connectivity index (χ1v) is 14.3. The molecule has 1 aromatic carbocycles. The van der Waals surface area contributed by atoms with Crippen LogP contribution in [0.2, 0.25) is 0 Å². The van der Waals surface area contributed by atoms with Gasteiger partial charge in [0, 0.05) is 81.9 Å². The van der Waals surface area contributed by atoms with E-state index in [2.05, 4.69) is 83.2 Å². The van der Waals surface area contributed by atoms with E-state index >= 15 is 0 Å². The van der Waals surface area contributed by atoms with Crippen molar-refractivity contribution in [3.63, 3.8) is 0 Å². The van der Waals surface area contributed by atoms with Crippen molar-refractivity contribution < 1.29 is 0 Å². The zero-order valence-electron chi connectivity index (χ0n) is 23.3. The molecule has 0 atom stereocenters. The lowest BCUT2D eigenvalue weighted by atomic mass is 10.1. The standard InChI is InChI=1S/C30H51N5/c1-25(2)22-34(23-26(3)4)15-8-13-32-18-20-33(21-19-32)14-9-16-35-29-11-7-6-10-27(29)28-24-31(5)17-12-30(28)35/h6-7,10-11,25-26H,8-9,12-24H2,1-5H3. The topological polar surface area (TPSA) is 17.9 Å². The Hall–Kier alpha value is -1.40. The first-order valence-electron chi connectivity index (χ1n) is 14.3. The number of likely N-dealkylation sites (N-methyl/N-ethyl adjacent to an activating group) is 1. The molecule has 3 heterocycles. The number of hydrogen-bond acceptors (Lipinski definition) is 4. The molecule has 0 spiro atoms. The van der Waals surface area contributed by atoms with Crippen LogP contribution in [0.5, 0.6) is 0 Å². The Morgan fingerprint density at radius 2 is 1.43 bits per heavy atom. The van der Waals surface area contributed by atoms with Crippen LogP contribution < -0.4 is 0 Å². The molecule has 35 heavy (non-hydrogen) atoms. The van der Waals surface area contributed by atoms with Gasteiger partial charge in [-0.2, -0.15) is 0 Å². The molecule has 2 aromatic rings. The summed E-state index contributed by atoms with van der Waals surface area (Å²) >= 11 is 0. The predicted octanol–water partition coefficient (Wildman–Crippen LogP) is 4.64. The Balaban J connectivity index is 1.20. The van der Waals surface area contributed by atoms with Crippen LogP contribution in [0.15, 0.2) is 24.3 Å². The van der Waals surface area contributed by atoms with Gasteiger partial charge in [-0.25, -0.2) is 0 Å². The number of piperazine rings is 1. The maximum Gasteiger partial charge on any atom is 0.0485 e. The second-order valence-electron chi connectivity index (χ2n) is 12.0. The molecule has 196 valence electrons. The molecular formula is C30H51N5. The summed E-state index contributed by atoms with van der Waals surface area (Å²) in [5.74, 6) is 1.52. The Bertz CT molecular complexity index is 899. The lowest BCUT2D eigenvalue weighted by Crippen LogP contribution is -2.47. The van der Waals surface area contributed by atoms with Crippen molar-refractivity contribution in [1.82, 2.24) is 24.2 Å². The summed E-state index contributed by atoms with van der Waals surface area (Å²) < 4.78 is 2.65. The molecule has 1 saturated heterocycles. The molecule has 0 unspecified atom stereocenters. The fourth-order valence-electron chi connectivity index (χ4n) is 6.29. The SMILES string of the molecule is CC(C)CN(CCCN1CCN(CCCn2c3c(c4ccccc42)CN(C)CC3)CC1)CC(C)C. The molecule has 5 heteroatoms. The van der Waals surface area contributed by atoms with Crippen LogP contribution in [-0.4, -0.2) is 96.7 Å². The molecule has 0 saturated carbocycles. The van der Waals surface area contributed by atoms with Crippen LogP contribution in [-0.2, 0) is 19.5 Å². The van der Waals surface area contributed by atoms with E-state index in [4.69, 9.17) is 0 Å². The normalized spacial score (nSPS) is 18.4. The van der Waals surface area contributed by atoms with E-state index in [1.54, 1.807) is 11.3 Å². The minimum absolute atomic E-state index is 0.758. The van der Waals surface area contributed by atoms with Crippen molar-refractivity contribution in [2.24, 2.45) is 11.8 Å². The summed E-state index contributed by atoms with van der Waals surface area (Å²) in [5, 5.41) is 1.48. The number of aromatic nitrogens is 1. The summed E-state index contributed by atoms with van der Waals surface area (Å²) in [6, 6.07) is 9.06. The van der Waals surface area contributed by atoms with Gasteiger partial charge in [0.1, 0.15) is 0 Å². The molecule has 0 radical (unpaired) electrons. The Kier molecular flexibility index (Phi) is 9.68. The highest BCUT2D eigenvalue weighted by atomic mass is 15.3. The van der Waals surface area contributed by atoms with Crippen LogP contribution in [0.4, 0.5) is 0 Å². The van der Waals surface area contributed by atoms with E-state index in [0.29, 0.717) is 0 Å². The minimum Gasteiger partial charge on any atom is -0.344 e. The van der Waals surface area contributed by atoms with Crippen LogP contribution in [0, 0.1) is 11.8 Å². The molecule has 4 rings (SSSR count). The smallest absolute Gasteiger partial charge is 0.0485 e. The maximum absolute atomic E-state index is 2.70. The number of rotatable bonds is 12. The predicted molar refractivity (Wildman–Crippen MR) is 150 cm³/mol. The van der Waals surface area contributed by atoms with Gasteiger partial charge < -0.3 is 24.2 Å². The fourth-order valence-corrected chi connectivity index (χ4v) is 6.29. The van der Waals surface area contributed by atoms with Gasteiger partial charge >= 0.3 is 0 Å². The molecular weight excluding hydrogens is 430 g/mol. The molecule has 0 N–H and O–H groups in total. The molecule has 0 bridgehead atoms. The van der Waals surface area contributed by atoms with Gasteiger partial charge in [-0.3, -0.25) is 0 Å². The van der Waals surface area contributed by atoms with Crippen molar-refractivity contribution in [2.45, 2.75) is 60.0 Å². The average Bonchev–Trinajstić information content (AvgIpc) is 3.12. The number of para-hydroxylation sites is 1. The Labute approximate surface area is 215 Å². The molecule has 1 fully saturated rings. The third-order valence-electron chi connectivity index (χ3n) is 7.87. The number of fused-ring (bicyclic) bond motifs is 3. The van der Waals surface area contributed by atoms with E-state index in [0.717, 1.165) is 24.9 Å².